The van der Waals surface area contributed by atoms with E-state index in [0.717, 1.165) is 42.0 Å². The van der Waals surface area contributed by atoms with Crippen molar-refractivity contribution >= 4 is 27.4 Å². The molecule has 0 saturated carbocycles. The van der Waals surface area contributed by atoms with Gasteiger partial charge in [-0.2, -0.15) is 0 Å². The summed E-state index contributed by atoms with van der Waals surface area (Å²) in [5, 5.41) is 3.25. The number of nitrogens with two attached hydrogens (primary N) is 1. The van der Waals surface area contributed by atoms with E-state index in [9.17, 15) is 0 Å². The van der Waals surface area contributed by atoms with E-state index < -0.39 is 0 Å². The first-order chi connectivity index (χ1) is 7.66. The maximum atomic E-state index is 5.74. The molecule has 0 fully saturated rings. The van der Waals surface area contributed by atoms with Crippen LogP contribution >= 0.6 is 15.9 Å². The highest BCUT2D eigenvalue weighted by molar-refractivity contribution is 9.10. The zero-order valence-electron chi connectivity index (χ0n) is 9.72. The molecule has 0 aliphatic rings. The molecule has 4 nitrogen and oxygen atoms in total. The van der Waals surface area contributed by atoms with Crippen LogP contribution in [0, 0.1) is 6.92 Å². The Balaban J connectivity index is 2.45. The van der Waals surface area contributed by atoms with Crippen molar-refractivity contribution in [2.75, 3.05) is 30.8 Å². The largest absolute Gasteiger partial charge is 0.397 e. The van der Waals surface area contributed by atoms with Crippen LogP contribution in [0.2, 0.25) is 0 Å². The van der Waals surface area contributed by atoms with Crippen LogP contribution in [0.15, 0.2) is 10.7 Å². The highest BCUT2D eigenvalue weighted by atomic mass is 79.9. The van der Waals surface area contributed by atoms with Crippen molar-refractivity contribution in [1.29, 1.82) is 0 Å². The molecular weight excluding hydrogens is 270 g/mol. The van der Waals surface area contributed by atoms with Gasteiger partial charge in [0, 0.05) is 19.8 Å². The molecule has 0 aliphatic carbocycles. The first-order valence-electron chi connectivity index (χ1n) is 5.39. The van der Waals surface area contributed by atoms with Gasteiger partial charge in [-0.25, -0.2) is 4.98 Å². The second-order valence-corrected chi connectivity index (χ2v) is 4.27. The number of aromatic nitrogens is 1. The van der Waals surface area contributed by atoms with E-state index in [1.54, 1.807) is 6.20 Å². The summed E-state index contributed by atoms with van der Waals surface area (Å²) in [7, 11) is 0. The molecule has 0 unspecified atom stereocenters. The van der Waals surface area contributed by atoms with Crippen molar-refractivity contribution in [3.63, 3.8) is 0 Å². The van der Waals surface area contributed by atoms with Gasteiger partial charge in [-0.1, -0.05) is 0 Å². The van der Waals surface area contributed by atoms with E-state index in [0.29, 0.717) is 5.69 Å². The molecule has 5 heteroatoms. The fraction of sp³-hybridized carbons (Fsp3) is 0.545. The zero-order valence-corrected chi connectivity index (χ0v) is 11.3. The maximum Gasteiger partial charge on any atom is 0.140 e. The molecule has 1 aromatic rings. The third kappa shape index (κ3) is 3.64. The minimum absolute atomic E-state index is 0.701. The molecule has 0 amide bonds. The molecule has 0 bridgehead atoms. The number of pyridine rings is 1. The van der Waals surface area contributed by atoms with Crippen LogP contribution in [-0.2, 0) is 4.74 Å². The van der Waals surface area contributed by atoms with Crippen molar-refractivity contribution in [2.24, 2.45) is 0 Å². The lowest BCUT2D eigenvalue weighted by Gasteiger charge is -2.10. The fourth-order valence-electron chi connectivity index (χ4n) is 1.24. The Bertz CT molecular complexity index is 344. The predicted molar refractivity (Wildman–Crippen MR) is 70.7 cm³/mol. The standard InChI is InChI=1S/C11H18BrN3O/c1-3-16-6-4-5-14-11-10(12)8(2)9(13)7-15-11/h7H,3-6,13H2,1-2H3,(H,14,15). The molecule has 0 radical (unpaired) electrons. The normalized spacial score (nSPS) is 10.4. The summed E-state index contributed by atoms with van der Waals surface area (Å²) in [4.78, 5) is 4.23. The maximum absolute atomic E-state index is 5.74. The molecule has 1 rings (SSSR count). The fourth-order valence-corrected chi connectivity index (χ4v) is 1.71. The Morgan fingerprint density at radius 3 is 3.00 bits per heavy atom. The van der Waals surface area contributed by atoms with Crippen LogP contribution in [-0.4, -0.2) is 24.7 Å². The lowest BCUT2D eigenvalue weighted by molar-refractivity contribution is 0.147. The molecule has 0 spiro atoms. The molecule has 3 N–H and O–H groups in total. The topological polar surface area (TPSA) is 60.2 Å². The van der Waals surface area contributed by atoms with Gasteiger partial charge in [-0.15, -0.1) is 0 Å². The first-order valence-corrected chi connectivity index (χ1v) is 6.18. The number of halogens is 1. The monoisotopic (exact) mass is 287 g/mol. The number of nitrogen functional groups attached to an aromatic ring is 1. The van der Waals surface area contributed by atoms with Crippen molar-refractivity contribution in [3.8, 4) is 0 Å². The van der Waals surface area contributed by atoms with E-state index in [-0.39, 0.29) is 0 Å². The minimum atomic E-state index is 0.701. The number of nitrogens with zero attached hydrogens (tertiary/aromatic N) is 1. The van der Waals surface area contributed by atoms with Crippen molar-refractivity contribution < 1.29 is 4.74 Å². The van der Waals surface area contributed by atoms with E-state index in [1.165, 1.54) is 0 Å². The van der Waals surface area contributed by atoms with Gasteiger partial charge >= 0.3 is 0 Å². The van der Waals surface area contributed by atoms with Gasteiger partial charge in [-0.3, -0.25) is 0 Å². The molecule has 0 atom stereocenters. The third-order valence-corrected chi connectivity index (χ3v) is 3.24. The third-order valence-electron chi connectivity index (χ3n) is 2.26. The number of ether oxygens (including phenoxy) is 1. The van der Waals surface area contributed by atoms with Gasteiger partial charge in [0.05, 0.1) is 16.4 Å². The summed E-state index contributed by atoms with van der Waals surface area (Å²) < 4.78 is 6.19. The van der Waals surface area contributed by atoms with Crippen molar-refractivity contribution in [1.82, 2.24) is 4.98 Å². The highest BCUT2D eigenvalue weighted by Crippen LogP contribution is 2.27. The van der Waals surface area contributed by atoms with E-state index in [4.69, 9.17) is 10.5 Å². The molecule has 0 aliphatic heterocycles. The number of hydrogen-bond donors (Lipinski definition) is 2. The SMILES string of the molecule is CCOCCCNc1ncc(N)c(C)c1Br. The molecule has 0 aromatic carbocycles. The van der Waals surface area contributed by atoms with Crippen LogP contribution < -0.4 is 11.1 Å². The minimum Gasteiger partial charge on any atom is -0.397 e. The van der Waals surface area contributed by atoms with E-state index in [1.807, 2.05) is 13.8 Å². The van der Waals surface area contributed by atoms with Gasteiger partial charge in [0.2, 0.25) is 0 Å². The molecule has 1 heterocycles. The quantitative estimate of drug-likeness (QED) is 0.790. The van der Waals surface area contributed by atoms with Gasteiger partial charge in [0.15, 0.2) is 0 Å². The first kappa shape index (κ1) is 13.3. The number of nitrogens with one attached hydrogen (secondary N) is 1. The van der Waals surface area contributed by atoms with Crippen LogP contribution in [0.1, 0.15) is 18.9 Å². The summed E-state index contributed by atoms with van der Waals surface area (Å²) in [6.45, 7) is 6.34. The second-order valence-electron chi connectivity index (χ2n) is 3.48. The van der Waals surface area contributed by atoms with Crippen LogP contribution in [0.3, 0.4) is 0 Å². The molecular formula is C11H18BrN3O. The Morgan fingerprint density at radius 2 is 2.31 bits per heavy atom. The summed E-state index contributed by atoms with van der Waals surface area (Å²) in [5.41, 5.74) is 7.46. The van der Waals surface area contributed by atoms with E-state index in [2.05, 4.69) is 26.2 Å². The van der Waals surface area contributed by atoms with Crippen LogP contribution in [0.25, 0.3) is 0 Å². The van der Waals surface area contributed by atoms with Gasteiger partial charge in [0.25, 0.3) is 0 Å². The summed E-state index contributed by atoms with van der Waals surface area (Å²) in [6.07, 6.45) is 2.64. The second kappa shape index (κ2) is 6.70. The molecule has 90 valence electrons. The van der Waals surface area contributed by atoms with Gasteiger partial charge in [0.1, 0.15) is 5.82 Å². The summed E-state index contributed by atoms with van der Waals surface area (Å²) >= 11 is 3.48. The van der Waals surface area contributed by atoms with Crippen LogP contribution in [0.5, 0.6) is 0 Å². The molecule has 1 aromatic heterocycles. The number of anilines is 2. The summed E-state index contributed by atoms with van der Waals surface area (Å²) in [6, 6.07) is 0. The van der Waals surface area contributed by atoms with Crippen LogP contribution in [0.4, 0.5) is 11.5 Å². The smallest absolute Gasteiger partial charge is 0.140 e. The number of hydrogen-bond acceptors (Lipinski definition) is 4. The van der Waals surface area contributed by atoms with Crippen molar-refractivity contribution in [3.05, 3.63) is 16.2 Å². The Kier molecular flexibility index (Phi) is 5.55. The van der Waals surface area contributed by atoms with Crippen molar-refractivity contribution in [2.45, 2.75) is 20.3 Å². The average molecular weight is 288 g/mol. The predicted octanol–water partition coefficient (Wildman–Crippen LogP) is 2.57. The lowest BCUT2D eigenvalue weighted by atomic mass is 10.2. The number of rotatable bonds is 6. The zero-order chi connectivity index (χ0) is 12.0. The Labute approximate surface area is 105 Å². The lowest BCUT2D eigenvalue weighted by Crippen LogP contribution is -2.08. The molecule has 16 heavy (non-hydrogen) atoms. The highest BCUT2D eigenvalue weighted by Gasteiger charge is 2.06. The van der Waals surface area contributed by atoms with Gasteiger partial charge in [-0.05, 0) is 41.8 Å². The summed E-state index contributed by atoms with van der Waals surface area (Å²) in [5.74, 6) is 0.836. The Hall–Kier alpha value is -0.810. The van der Waals surface area contributed by atoms with Gasteiger partial charge < -0.3 is 15.8 Å². The van der Waals surface area contributed by atoms with E-state index >= 15 is 0 Å². The molecule has 0 saturated heterocycles. The average Bonchev–Trinajstić information content (AvgIpc) is 2.28. The Morgan fingerprint density at radius 1 is 1.56 bits per heavy atom.